The molecule has 3 aromatic carbocycles. The average Bonchev–Trinajstić information content (AvgIpc) is 3.37. The van der Waals surface area contributed by atoms with Crippen molar-refractivity contribution in [2.24, 2.45) is 0 Å². The molecule has 1 amide bonds. The van der Waals surface area contributed by atoms with Crippen LogP contribution in [0.4, 0.5) is 5.69 Å². The summed E-state index contributed by atoms with van der Waals surface area (Å²) in [4.78, 5) is 36.1. The predicted octanol–water partition coefficient (Wildman–Crippen LogP) is 4.73. The lowest BCUT2D eigenvalue weighted by molar-refractivity contribution is -0.138. The molecular weight excluding hydrogens is 532 g/mol. The molecule has 9 nitrogen and oxygen atoms in total. The number of ether oxygens (including phenoxy) is 3. The van der Waals surface area contributed by atoms with E-state index >= 15 is 0 Å². The van der Waals surface area contributed by atoms with Gasteiger partial charge in [-0.2, -0.15) is 0 Å². The minimum Gasteiger partial charge on any atom is -0.493 e. The largest absolute Gasteiger partial charge is 0.493 e. The van der Waals surface area contributed by atoms with E-state index in [1.165, 1.54) is 12.8 Å². The van der Waals surface area contributed by atoms with E-state index in [1.807, 2.05) is 47.4 Å². The lowest BCUT2D eigenvalue weighted by atomic mass is 10.1. The van der Waals surface area contributed by atoms with E-state index < -0.39 is 6.10 Å². The number of fused-ring (bicyclic) bond motifs is 5. The van der Waals surface area contributed by atoms with E-state index in [2.05, 4.69) is 22.0 Å². The van der Waals surface area contributed by atoms with Gasteiger partial charge < -0.3 is 24.0 Å². The van der Waals surface area contributed by atoms with Gasteiger partial charge in [0.25, 0.3) is 11.5 Å². The zero-order valence-electron chi connectivity index (χ0n) is 23.7. The SMILES string of the molecule is COc1ccc2c(c1OC)c(=O)n1c3ccc(O[C@@H](C)C(=O)N4CCN(c5ccccc5)CC4)cc3c3ccnc2c31. The average molecular weight is 563 g/mol. The zero-order chi connectivity index (χ0) is 29.0. The fourth-order valence-electron chi connectivity index (χ4n) is 6.21. The predicted molar refractivity (Wildman–Crippen MR) is 164 cm³/mol. The fraction of sp³-hybridized carbons (Fsp3) is 0.242. The highest BCUT2D eigenvalue weighted by Gasteiger charge is 2.27. The standard InChI is InChI=1S/C33H30N4O5/c1-20(32(38)36-17-15-35(16-18-36)21-7-5-4-6-8-21)42-22-9-11-26-25(19-22)23-13-14-34-29-24-10-12-27(40-2)31(41-3)28(24)33(39)37(26)30(23)29/h4-14,19-20H,15-18H2,1-3H3/t20-/m0/s1. The molecule has 7 rings (SSSR count). The van der Waals surface area contributed by atoms with Crippen LogP contribution >= 0.6 is 0 Å². The number of carbonyl (C=O) groups is 1. The van der Waals surface area contributed by atoms with Gasteiger partial charge >= 0.3 is 0 Å². The van der Waals surface area contributed by atoms with Gasteiger partial charge in [0.2, 0.25) is 0 Å². The number of para-hydroxylation sites is 1. The molecule has 9 heteroatoms. The lowest BCUT2D eigenvalue weighted by Gasteiger charge is -2.37. The number of carbonyl (C=O) groups excluding carboxylic acids is 1. The van der Waals surface area contributed by atoms with Gasteiger partial charge in [-0.1, -0.05) is 18.2 Å². The summed E-state index contributed by atoms with van der Waals surface area (Å²) in [5.41, 5.74) is 3.11. The number of anilines is 1. The van der Waals surface area contributed by atoms with Crippen LogP contribution in [0.15, 0.2) is 77.7 Å². The lowest BCUT2D eigenvalue weighted by Crippen LogP contribution is -2.52. The van der Waals surface area contributed by atoms with E-state index in [1.54, 1.807) is 36.8 Å². The van der Waals surface area contributed by atoms with Gasteiger partial charge in [-0.25, -0.2) is 0 Å². The van der Waals surface area contributed by atoms with Gasteiger partial charge in [-0.05, 0) is 55.5 Å². The van der Waals surface area contributed by atoms with E-state index in [-0.39, 0.29) is 11.5 Å². The molecule has 0 saturated carbocycles. The van der Waals surface area contributed by atoms with Crippen LogP contribution in [-0.4, -0.2) is 66.7 Å². The molecule has 3 aromatic heterocycles. The number of benzene rings is 3. The van der Waals surface area contributed by atoms with Crippen molar-refractivity contribution >= 4 is 49.7 Å². The summed E-state index contributed by atoms with van der Waals surface area (Å²) in [6.07, 6.45) is 1.08. The molecule has 1 aliphatic rings. The Morgan fingerprint density at radius 1 is 0.881 bits per heavy atom. The smallest absolute Gasteiger partial charge is 0.267 e. The number of piperazine rings is 1. The third-order valence-corrected chi connectivity index (χ3v) is 8.24. The van der Waals surface area contributed by atoms with Crippen LogP contribution < -0.4 is 24.7 Å². The zero-order valence-corrected chi connectivity index (χ0v) is 23.7. The van der Waals surface area contributed by atoms with Gasteiger partial charge in [0.1, 0.15) is 5.75 Å². The molecule has 6 aromatic rings. The third-order valence-electron chi connectivity index (χ3n) is 8.24. The highest BCUT2D eigenvalue weighted by molar-refractivity contribution is 6.19. The quantitative estimate of drug-likeness (QED) is 0.272. The first-order valence-electron chi connectivity index (χ1n) is 14.0. The normalized spacial score (nSPS) is 14.6. The molecule has 0 aliphatic carbocycles. The van der Waals surface area contributed by atoms with E-state index in [0.29, 0.717) is 46.6 Å². The number of rotatable bonds is 6. The second kappa shape index (κ2) is 10.1. The van der Waals surface area contributed by atoms with Gasteiger partial charge in [0.05, 0.1) is 36.2 Å². The van der Waals surface area contributed by atoms with Crippen molar-refractivity contribution in [1.29, 1.82) is 0 Å². The van der Waals surface area contributed by atoms with Gasteiger partial charge in [0, 0.05) is 54.2 Å². The molecule has 0 radical (unpaired) electrons. The second-order valence-corrected chi connectivity index (χ2v) is 10.5. The summed E-state index contributed by atoms with van der Waals surface area (Å²) >= 11 is 0. The Balaban J connectivity index is 1.22. The van der Waals surface area contributed by atoms with E-state index in [0.717, 1.165) is 34.9 Å². The van der Waals surface area contributed by atoms with Crippen molar-refractivity contribution in [3.05, 3.63) is 83.3 Å². The molecule has 42 heavy (non-hydrogen) atoms. The Morgan fingerprint density at radius 2 is 1.67 bits per heavy atom. The monoisotopic (exact) mass is 562 g/mol. The molecule has 1 saturated heterocycles. The Labute approximate surface area is 241 Å². The number of methoxy groups -OCH3 is 2. The first kappa shape index (κ1) is 25.9. The first-order chi connectivity index (χ1) is 20.5. The molecule has 0 bridgehead atoms. The molecule has 4 heterocycles. The van der Waals surface area contributed by atoms with Crippen molar-refractivity contribution in [3.8, 4) is 17.2 Å². The Bertz CT molecular complexity index is 2020. The summed E-state index contributed by atoms with van der Waals surface area (Å²) in [7, 11) is 3.07. The maximum absolute atomic E-state index is 14.0. The second-order valence-electron chi connectivity index (χ2n) is 10.5. The fourth-order valence-corrected chi connectivity index (χ4v) is 6.21. The first-order valence-corrected chi connectivity index (χ1v) is 14.0. The molecule has 1 atom stereocenters. The molecule has 1 aliphatic heterocycles. The number of aromatic nitrogens is 2. The highest BCUT2D eigenvalue weighted by Crippen LogP contribution is 2.39. The Hall–Kier alpha value is -5.05. The molecule has 0 spiro atoms. The number of hydrogen-bond donors (Lipinski definition) is 0. The minimum absolute atomic E-state index is 0.0405. The van der Waals surface area contributed by atoms with E-state index in [4.69, 9.17) is 14.2 Å². The number of hydrogen-bond acceptors (Lipinski definition) is 7. The van der Waals surface area contributed by atoms with E-state index in [9.17, 15) is 9.59 Å². The van der Waals surface area contributed by atoms with Crippen molar-refractivity contribution in [2.45, 2.75) is 13.0 Å². The molecule has 1 fully saturated rings. The summed E-state index contributed by atoms with van der Waals surface area (Å²) < 4.78 is 19.0. The van der Waals surface area contributed by atoms with Crippen LogP contribution in [0.25, 0.3) is 38.1 Å². The summed E-state index contributed by atoms with van der Waals surface area (Å²) in [6, 6.07) is 21.4. The summed E-state index contributed by atoms with van der Waals surface area (Å²) in [5.74, 6) is 1.38. The van der Waals surface area contributed by atoms with Crippen LogP contribution in [0.3, 0.4) is 0 Å². The maximum Gasteiger partial charge on any atom is 0.267 e. The maximum atomic E-state index is 14.0. The van der Waals surface area contributed by atoms with Crippen molar-refractivity contribution in [3.63, 3.8) is 0 Å². The number of amides is 1. The van der Waals surface area contributed by atoms with Crippen LogP contribution in [0, 0.1) is 0 Å². The van der Waals surface area contributed by atoms with Gasteiger partial charge in [-0.3, -0.25) is 19.0 Å². The van der Waals surface area contributed by atoms with Crippen molar-refractivity contribution in [2.75, 3.05) is 45.3 Å². The third kappa shape index (κ3) is 3.95. The van der Waals surface area contributed by atoms with Gasteiger partial charge in [-0.15, -0.1) is 0 Å². The molecule has 212 valence electrons. The molecule has 0 N–H and O–H groups in total. The molecule has 0 unspecified atom stereocenters. The molecular formula is C33H30N4O5. The Kier molecular flexibility index (Phi) is 6.22. The number of pyridine rings is 2. The van der Waals surface area contributed by atoms with Gasteiger partial charge in [0.15, 0.2) is 17.6 Å². The number of nitrogens with zero attached hydrogens (tertiary/aromatic N) is 4. The minimum atomic E-state index is -0.658. The summed E-state index contributed by atoms with van der Waals surface area (Å²) in [6.45, 7) is 4.62. The van der Waals surface area contributed by atoms with Crippen molar-refractivity contribution < 1.29 is 19.0 Å². The van der Waals surface area contributed by atoms with Crippen LogP contribution in [0.5, 0.6) is 17.2 Å². The highest BCUT2D eigenvalue weighted by atomic mass is 16.5. The van der Waals surface area contributed by atoms with Crippen LogP contribution in [-0.2, 0) is 4.79 Å². The van der Waals surface area contributed by atoms with Crippen LogP contribution in [0.1, 0.15) is 6.92 Å². The summed E-state index contributed by atoms with van der Waals surface area (Å²) in [5, 5.41) is 2.83. The Morgan fingerprint density at radius 3 is 2.40 bits per heavy atom. The topological polar surface area (TPSA) is 85.6 Å². The van der Waals surface area contributed by atoms with Crippen LogP contribution in [0.2, 0.25) is 0 Å². The van der Waals surface area contributed by atoms with Crippen molar-refractivity contribution in [1.82, 2.24) is 14.3 Å².